The quantitative estimate of drug-likeness (QED) is 0.473. The van der Waals surface area contributed by atoms with E-state index in [9.17, 15) is 14.7 Å². The minimum atomic E-state index is -0.620. The number of para-hydroxylation sites is 1. The molecule has 0 spiro atoms. The predicted octanol–water partition coefficient (Wildman–Crippen LogP) is 3.04. The molecular weight excluding hydrogens is 408 g/mol. The lowest BCUT2D eigenvalue weighted by Crippen LogP contribution is -2.36. The number of phenolic OH excluding ortho intramolecular Hbond substituents is 1. The van der Waals surface area contributed by atoms with E-state index < -0.39 is 12.0 Å². The van der Waals surface area contributed by atoms with E-state index in [-0.39, 0.29) is 36.1 Å². The minimum absolute atomic E-state index is 0.0405. The second-order valence-electron chi connectivity index (χ2n) is 7.80. The molecule has 8 heteroatoms. The number of carbonyl (C=O) groups excluding carboxylic acids is 2. The lowest BCUT2D eigenvalue weighted by molar-refractivity contribution is -0.129. The second kappa shape index (κ2) is 9.47. The van der Waals surface area contributed by atoms with Gasteiger partial charge in [0.1, 0.15) is 11.5 Å². The number of hydrogen-bond donors (Lipinski definition) is 3. The number of furan rings is 1. The van der Waals surface area contributed by atoms with Crippen LogP contribution in [0.2, 0.25) is 0 Å². The normalized spacial score (nSPS) is 16.7. The third-order valence-corrected chi connectivity index (χ3v) is 5.56. The summed E-state index contributed by atoms with van der Waals surface area (Å²) in [4.78, 5) is 31.1. The van der Waals surface area contributed by atoms with Gasteiger partial charge in [-0.1, -0.05) is 24.3 Å². The van der Waals surface area contributed by atoms with Crippen LogP contribution in [0.3, 0.4) is 0 Å². The fraction of sp³-hybridized carbons (Fsp3) is 0.250. The molecule has 1 aliphatic rings. The first kappa shape index (κ1) is 21.3. The average Bonchev–Trinajstić information content (AvgIpc) is 3.44. The van der Waals surface area contributed by atoms with Crippen LogP contribution in [0, 0.1) is 11.3 Å². The molecule has 1 aliphatic heterocycles. The van der Waals surface area contributed by atoms with Crippen molar-refractivity contribution in [1.82, 2.24) is 15.2 Å². The lowest BCUT2D eigenvalue weighted by Gasteiger charge is -2.22. The molecule has 2 atom stereocenters. The number of pyridine rings is 1. The number of nitrogens with zero attached hydrogens (tertiary/aromatic N) is 2. The highest BCUT2D eigenvalue weighted by molar-refractivity contribution is 5.98. The largest absolute Gasteiger partial charge is 0.508 e. The molecule has 32 heavy (non-hydrogen) atoms. The van der Waals surface area contributed by atoms with Crippen molar-refractivity contribution < 1.29 is 19.1 Å². The van der Waals surface area contributed by atoms with Crippen LogP contribution in [0.25, 0.3) is 0 Å². The van der Waals surface area contributed by atoms with E-state index in [4.69, 9.17) is 9.83 Å². The molecule has 1 aromatic carbocycles. The third kappa shape index (κ3) is 4.85. The summed E-state index contributed by atoms with van der Waals surface area (Å²) in [7, 11) is 0. The van der Waals surface area contributed by atoms with Gasteiger partial charge in [-0.25, -0.2) is 0 Å². The first-order chi connectivity index (χ1) is 15.5. The molecule has 3 heterocycles. The summed E-state index contributed by atoms with van der Waals surface area (Å²) in [5.41, 5.74) is 1.45. The van der Waals surface area contributed by atoms with Gasteiger partial charge in [-0.05, 0) is 24.3 Å². The van der Waals surface area contributed by atoms with Gasteiger partial charge in [-0.15, -0.1) is 0 Å². The number of carbonyl (C=O) groups is 2. The number of likely N-dealkylation sites (tertiary alicyclic amines) is 1. The molecule has 0 aliphatic carbocycles. The Hall–Kier alpha value is -3.94. The maximum absolute atomic E-state index is 13.1. The number of aromatic hydroxyl groups is 1. The van der Waals surface area contributed by atoms with E-state index in [1.54, 1.807) is 72.1 Å². The van der Waals surface area contributed by atoms with E-state index >= 15 is 0 Å². The average molecular weight is 432 g/mol. The van der Waals surface area contributed by atoms with Crippen molar-refractivity contribution in [1.29, 1.82) is 5.41 Å². The van der Waals surface area contributed by atoms with Crippen LogP contribution in [0.5, 0.6) is 5.75 Å². The zero-order valence-corrected chi connectivity index (χ0v) is 17.4. The van der Waals surface area contributed by atoms with Gasteiger partial charge in [-0.3, -0.25) is 14.6 Å². The molecule has 8 nitrogen and oxygen atoms in total. The van der Waals surface area contributed by atoms with E-state index in [0.717, 1.165) is 0 Å². The van der Waals surface area contributed by atoms with Crippen molar-refractivity contribution in [2.45, 2.75) is 25.4 Å². The highest BCUT2D eigenvalue weighted by atomic mass is 16.3. The maximum atomic E-state index is 13.1. The molecule has 3 aromatic rings. The van der Waals surface area contributed by atoms with Gasteiger partial charge < -0.3 is 25.1 Å². The third-order valence-electron chi connectivity index (χ3n) is 5.56. The lowest BCUT2D eigenvalue weighted by atomic mass is 9.96. The van der Waals surface area contributed by atoms with E-state index in [2.05, 4.69) is 10.3 Å². The molecule has 0 radical (unpaired) electrons. The van der Waals surface area contributed by atoms with Crippen molar-refractivity contribution >= 4 is 17.5 Å². The van der Waals surface area contributed by atoms with E-state index in [1.165, 1.54) is 0 Å². The van der Waals surface area contributed by atoms with Gasteiger partial charge in [0.15, 0.2) is 0 Å². The summed E-state index contributed by atoms with van der Waals surface area (Å²) < 4.78 is 5.31. The van der Waals surface area contributed by atoms with Crippen LogP contribution >= 0.6 is 0 Å². The summed E-state index contributed by atoms with van der Waals surface area (Å²) in [5.74, 6) is -0.204. The number of hydrogen-bond acceptors (Lipinski definition) is 6. The molecule has 1 saturated heterocycles. The Morgan fingerprint density at radius 1 is 1.25 bits per heavy atom. The van der Waals surface area contributed by atoms with Crippen LogP contribution in [0.1, 0.15) is 35.8 Å². The highest BCUT2D eigenvalue weighted by Crippen LogP contribution is 2.29. The number of rotatable bonds is 8. The van der Waals surface area contributed by atoms with E-state index in [1.807, 2.05) is 0 Å². The van der Waals surface area contributed by atoms with E-state index in [0.29, 0.717) is 30.0 Å². The zero-order chi connectivity index (χ0) is 22.5. The van der Waals surface area contributed by atoms with Gasteiger partial charge in [0.2, 0.25) is 11.8 Å². The predicted molar refractivity (Wildman–Crippen MR) is 117 cm³/mol. The molecule has 1 fully saturated rings. The van der Waals surface area contributed by atoms with Crippen LogP contribution in [-0.4, -0.2) is 39.1 Å². The summed E-state index contributed by atoms with van der Waals surface area (Å²) in [6, 6.07) is 13.2. The fourth-order valence-corrected chi connectivity index (χ4v) is 3.87. The second-order valence-corrected chi connectivity index (χ2v) is 7.80. The summed E-state index contributed by atoms with van der Waals surface area (Å²) in [6.07, 6.45) is 5.05. The van der Waals surface area contributed by atoms with Gasteiger partial charge in [0.05, 0.1) is 24.8 Å². The molecule has 164 valence electrons. The van der Waals surface area contributed by atoms with Gasteiger partial charge >= 0.3 is 0 Å². The summed E-state index contributed by atoms with van der Waals surface area (Å²) >= 11 is 0. The monoisotopic (exact) mass is 432 g/mol. The Bertz CT molecular complexity index is 1100. The summed E-state index contributed by atoms with van der Waals surface area (Å²) in [6.45, 7) is 0.614. The number of aromatic nitrogens is 1. The van der Waals surface area contributed by atoms with Crippen molar-refractivity contribution in [3.05, 3.63) is 84.1 Å². The summed E-state index contributed by atoms with van der Waals surface area (Å²) in [5, 5.41) is 21.8. The SMILES string of the molecule is N=C(CC(NC(=O)C1CC(=O)N(Cc2ccco2)C1)c1ccccc1O)c1cccnc1. The molecule has 2 aromatic heterocycles. The van der Waals surface area contributed by atoms with Crippen LogP contribution < -0.4 is 5.32 Å². The smallest absolute Gasteiger partial charge is 0.225 e. The molecule has 2 amide bonds. The molecule has 3 N–H and O–H groups in total. The van der Waals surface area contributed by atoms with Crippen LogP contribution in [0.4, 0.5) is 0 Å². The molecule has 0 bridgehead atoms. The van der Waals surface area contributed by atoms with Gasteiger partial charge in [0.25, 0.3) is 0 Å². The molecule has 2 unspecified atom stereocenters. The fourth-order valence-electron chi connectivity index (χ4n) is 3.87. The van der Waals surface area contributed by atoms with Crippen LogP contribution in [-0.2, 0) is 16.1 Å². The first-order valence-corrected chi connectivity index (χ1v) is 10.4. The number of benzene rings is 1. The zero-order valence-electron chi connectivity index (χ0n) is 17.4. The number of amides is 2. The highest BCUT2D eigenvalue weighted by Gasteiger charge is 2.36. The minimum Gasteiger partial charge on any atom is -0.508 e. The number of phenols is 1. The molecular formula is C24H24N4O4. The van der Waals surface area contributed by atoms with Crippen molar-refractivity contribution in [3.63, 3.8) is 0 Å². The Morgan fingerprint density at radius 2 is 2.09 bits per heavy atom. The number of nitrogens with one attached hydrogen (secondary N) is 2. The Balaban J connectivity index is 1.48. The Labute approximate surface area is 185 Å². The van der Waals surface area contributed by atoms with Crippen molar-refractivity contribution in [2.75, 3.05) is 6.54 Å². The topological polar surface area (TPSA) is 120 Å². The van der Waals surface area contributed by atoms with Crippen LogP contribution in [0.15, 0.2) is 71.6 Å². The first-order valence-electron chi connectivity index (χ1n) is 10.4. The van der Waals surface area contributed by atoms with Crippen molar-refractivity contribution in [3.8, 4) is 5.75 Å². The van der Waals surface area contributed by atoms with Gasteiger partial charge in [-0.2, -0.15) is 0 Å². The molecule has 4 rings (SSSR count). The van der Waals surface area contributed by atoms with Gasteiger partial charge in [0, 0.05) is 48.6 Å². The Kier molecular flexibility index (Phi) is 6.30. The maximum Gasteiger partial charge on any atom is 0.225 e. The Morgan fingerprint density at radius 3 is 2.81 bits per heavy atom. The molecule has 0 saturated carbocycles. The standard InChI is InChI=1S/C24H24N4O4/c25-20(16-5-3-9-26-13-16)12-21(19-7-1-2-8-22(19)29)27-24(31)17-11-23(30)28(14-17)15-18-6-4-10-32-18/h1-10,13,17,21,25,29H,11-12,14-15H2,(H,27,31). The van der Waals surface area contributed by atoms with Crippen molar-refractivity contribution in [2.24, 2.45) is 5.92 Å².